The van der Waals surface area contributed by atoms with Gasteiger partial charge in [0, 0.05) is 13.2 Å². The Morgan fingerprint density at radius 2 is 2.10 bits per heavy atom. The normalized spacial score (nSPS) is 23.9. The molecular formula is C18H31NO. The van der Waals surface area contributed by atoms with Crippen LogP contribution in [0.1, 0.15) is 46.0 Å². The van der Waals surface area contributed by atoms with Gasteiger partial charge in [-0.05, 0) is 65.5 Å². The summed E-state index contributed by atoms with van der Waals surface area (Å²) >= 11 is 0. The number of rotatable bonds is 9. The lowest BCUT2D eigenvalue weighted by molar-refractivity contribution is 0.130. The van der Waals surface area contributed by atoms with Gasteiger partial charge in [-0.2, -0.15) is 0 Å². The van der Waals surface area contributed by atoms with E-state index in [1.54, 1.807) is 5.57 Å². The Kier molecular flexibility index (Phi) is 9.35. The van der Waals surface area contributed by atoms with Gasteiger partial charge in [0.05, 0.1) is 0 Å². The predicted molar refractivity (Wildman–Crippen MR) is 88.0 cm³/mol. The van der Waals surface area contributed by atoms with Crippen LogP contribution in [0.25, 0.3) is 0 Å². The van der Waals surface area contributed by atoms with Crippen LogP contribution in [0.5, 0.6) is 0 Å². The first-order valence-electron chi connectivity index (χ1n) is 8.00. The highest BCUT2D eigenvalue weighted by atomic mass is 16.5. The quantitative estimate of drug-likeness (QED) is 0.502. The molecule has 0 spiro atoms. The molecule has 1 atom stereocenters. The molecule has 0 amide bonds. The van der Waals surface area contributed by atoms with Crippen molar-refractivity contribution in [2.45, 2.75) is 46.0 Å². The molecule has 0 saturated heterocycles. The van der Waals surface area contributed by atoms with E-state index in [1.165, 1.54) is 24.8 Å². The second-order valence-electron chi connectivity index (χ2n) is 5.55. The molecule has 1 aliphatic rings. The Hall–Kier alpha value is -0.860. The molecule has 2 heteroatoms. The number of hydrogen-bond donors (Lipinski definition) is 1. The Labute approximate surface area is 125 Å². The molecule has 0 heterocycles. The smallest absolute Gasteiger partial charge is 0.0468 e. The van der Waals surface area contributed by atoms with Gasteiger partial charge in [-0.1, -0.05) is 35.5 Å². The van der Waals surface area contributed by atoms with Crippen molar-refractivity contribution in [1.82, 2.24) is 5.32 Å². The van der Waals surface area contributed by atoms with Gasteiger partial charge in [0.2, 0.25) is 0 Å². The van der Waals surface area contributed by atoms with Gasteiger partial charge in [-0.15, -0.1) is 0 Å². The van der Waals surface area contributed by atoms with E-state index >= 15 is 0 Å². The summed E-state index contributed by atoms with van der Waals surface area (Å²) in [6.07, 6.45) is 14.9. The molecule has 0 aromatic rings. The van der Waals surface area contributed by atoms with E-state index in [4.69, 9.17) is 4.74 Å². The van der Waals surface area contributed by atoms with Crippen LogP contribution < -0.4 is 5.32 Å². The van der Waals surface area contributed by atoms with Crippen LogP contribution in [0.4, 0.5) is 0 Å². The van der Waals surface area contributed by atoms with Crippen molar-refractivity contribution >= 4 is 0 Å². The van der Waals surface area contributed by atoms with Crippen molar-refractivity contribution in [3.8, 4) is 0 Å². The zero-order valence-electron chi connectivity index (χ0n) is 13.5. The van der Waals surface area contributed by atoms with E-state index in [9.17, 15) is 0 Å². The molecule has 1 unspecified atom stereocenters. The standard InChI is InChI=1S/C18H31NO/c1-4-20-14-12-17(11-13-19-3)15-18-10-8-6-5-7-9-16(18)2/h6-9,17,19H,4-5,10-15H2,1-3H3/b8-6-,9-7-,18-16+. The summed E-state index contributed by atoms with van der Waals surface area (Å²) in [5.41, 5.74) is 3.05. The number of ether oxygens (including phenoxy) is 1. The first-order valence-corrected chi connectivity index (χ1v) is 8.00. The summed E-state index contributed by atoms with van der Waals surface area (Å²) in [5.74, 6) is 0.722. The van der Waals surface area contributed by atoms with Crippen LogP contribution in [0.2, 0.25) is 0 Å². The zero-order valence-corrected chi connectivity index (χ0v) is 13.5. The molecule has 1 aliphatic carbocycles. The van der Waals surface area contributed by atoms with Crippen LogP contribution >= 0.6 is 0 Å². The summed E-state index contributed by atoms with van der Waals surface area (Å²) in [5, 5.41) is 3.27. The van der Waals surface area contributed by atoms with Gasteiger partial charge < -0.3 is 10.1 Å². The van der Waals surface area contributed by atoms with Crippen molar-refractivity contribution in [1.29, 1.82) is 0 Å². The van der Waals surface area contributed by atoms with Crippen LogP contribution in [-0.2, 0) is 4.74 Å². The fourth-order valence-corrected chi connectivity index (χ4v) is 2.61. The lowest BCUT2D eigenvalue weighted by Crippen LogP contribution is -2.16. The monoisotopic (exact) mass is 277 g/mol. The summed E-state index contributed by atoms with van der Waals surface area (Å²) < 4.78 is 5.54. The highest BCUT2D eigenvalue weighted by molar-refractivity contribution is 5.27. The topological polar surface area (TPSA) is 21.3 Å². The Balaban J connectivity index is 2.60. The van der Waals surface area contributed by atoms with Crippen molar-refractivity contribution < 1.29 is 4.74 Å². The Morgan fingerprint density at radius 1 is 1.25 bits per heavy atom. The molecule has 0 saturated carbocycles. The van der Waals surface area contributed by atoms with Crippen LogP contribution in [0, 0.1) is 5.92 Å². The first kappa shape index (κ1) is 17.2. The molecular weight excluding hydrogens is 246 g/mol. The van der Waals surface area contributed by atoms with Crippen molar-refractivity contribution in [3.05, 3.63) is 35.5 Å². The lowest BCUT2D eigenvalue weighted by Gasteiger charge is -2.20. The van der Waals surface area contributed by atoms with E-state index in [1.807, 2.05) is 7.05 Å². The maximum absolute atomic E-state index is 5.54. The SMILES string of the molecule is CCOCCC(CCNC)C/C1=C(C)/C=C\C/C=C\C1. The Bertz CT molecular complexity index is 341. The minimum absolute atomic E-state index is 0.722. The van der Waals surface area contributed by atoms with Crippen LogP contribution in [0.3, 0.4) is 0 Å². The van der Waals surface area contributed by atoms with Gasteiger partial charge >= 0.3 is 0 Å². The van der Waals surface area contributed by atoms with Gasteiger partial charge in [0.1, 0.15) is 0 Å². The molecule has 2 nitrogen and oxygen atoms in total. The van der Waals surface area contributed by atoms with Crippen LogP contribution in [-0.4, -0.2) is 26.8 Å². The fourth-order valence-electron chi connectivity index (χ4n) is 2.61. The fraction of sp³-hybridized carbons (Fsp3) is 0.667. The summed E-state index contributed by atoms with van der Waals surface area (Å²) in [7, 11) is 2.03. The average Bonchev–Trinajstić information content (AvgIpc) is 2.44. The summed E-state index contributed by atoms with van der Waals surface area (Å²) in [4.78, 5) is 0. The number of allylic oxidation sites excluding steroid dienone is 6. The number of hydrogen-bond acceptors (Lipinski definition) is 2. The average molecular weight is 277 g/mol. The predicted octanol–water partition coefficient (Wildman–Crippen LogP) is 4.25. The first-order chi connectivity index (χ1) is 9.77. The van der Waals surface area contributed by atoms with E-state index in [-0.39, 0.29) is 0 Å². The maximum Gasteiger partial charge on any atom is 0.0468 e. The maximum atomic E-state index is 5.54. The largest absolute Gasteiger partial charge is 0.382 e. The summed E-state index contributed by atoms with van der Waals surface area (Å²) in [6.45, 7) is 7.13. The lowest BCUT2D eigenvalue weighted by atomic mass is 9.88. The van der Waals surface area contributed by atoms with Crippen molar-refractivity contribution in [3.63, 3.8) is 0 Å². The summed E-state index contributed by atoms with van der Waals surface area (Å²) in [6, 6.07) is 0. The second-order valence-corrected chi connectivity index (χ2v) is 5.55. The third-order valence-corrected chi connectivity index (χ3v) is 3.94. The molecule has 0 aromatic heterocycles. The van der Waals surface area contributed by atoms with Crippen molar-refractivity contribution in [2.24, 2.45) is 5.92 Å². The third-order valence-electron chi connectivity index (χ3n) is 3.94. The zero-order chi connectivity index (χ0) is 14.6. The minimum atomic E-state index is 0.722. The molecule has 0 aliphatic heterocycles. The van der Waals surface area contributed by atoms with E-state index < -0.39 is 0 Å². The van der Waals surface area contributed by atoms with Crippen LogP contribution in [0.15, 0.2) is 35.5 Å². The van der Waals surface area contributed by atoms with Gasteiger partial charge in [-0.25, -0.2) is 0 Å². The molecule has 0 radical (unpaired) electrons. The Morgan fingerprint density at radius 3 is 2.85 bits per heavy atom. The van der Waals surface area contributed by atoms with E-state index in [2.05, 4.69) is 43.5 Å². The molecule has 0 aromatic carbocycles. The van der Waals surface area contributed by atoms with Crippen molar-refractivity contribution in [2.75, 3.05) is 26.8 Å². The van der Waals surface area contributed by atoms with Gasteiger partial charge in [0.15, 0.2) is 0 Å². The molecule has 114 valence electrons. The molecule has 1 rings (SSSR count). The van der Waals surface area contributed by atoms with E-state index in [0.29, 0.717) is 0 Å². The second kappa shape index (κ2) is 10.9. The van der Waals surface area contributed by atoms with E-state index in [0.717, 1.165) is 38.5 Å². The molecule has 1 N–H and O–H groups in total. The molecule has 0 fully saturated rings. The highest BCUT2D eigenvalue weighted by Gasteiger charge is 2.12. The minimum Gasteiger partial charge on any atom is -0.382 e. The third kappa shape index (κ3) is 7.06. The van der Waals surface area contributed by atoms with Gasteiger partial charge in [0.25, 0.3) is 0 Å². The molecule has 0 bridgehead atoms. The van der Waals surface area contributed by atoms with Gasteiger partial charge in [-0.3, -0.25) is 0 Å². The number of nitrogens with one attached hydrogen (secondary N) is 1. The highest BCUT2D eigenvalue weighted by Crippen LogP contribution is 2.25. The molecule has 20 heavy (non-hydrogen) atoms.